The van der Waals surface area contributed by atoms with Crippen LogP contribution in [0.4, 0.5) is 0 Å². The average molecular weight is 869 g/mol. The second kappa shape index (κ2) is 50.2. The van der Waals surface area contributed by atoms with Gasteiger partial charge in [0, 0.05) is 19.3 Å². The molecule has 0 rings (SSSR count). The Hall–Kier alpha value is -4.45. The van der Waals surface area contributed by atoms with Gasteiger partial charge in [-0.3, -0.25) is 14.4 Å². The summed E-state index contributed by atoms with van der Waals surface area (Å²) in [4.78, 5) is 37.9. The lowest BCUT2D eigenvalue weighted by atomic mass is 10.1. The van der Waals surface area contributed by atoms with Crippen molar-refractivity contribution in [2.45, 2.75) is 194 Å². The molecule has 1 atom stereocenters. The van der Waals surface area contributed by atoms with Crippen LogP contribution in [0.5, 0.6) is 0 Å². The predicted molar refractivity (Wildman–Crippen MR) is 269 cm³/mol. The molecule has 0 amide bonds. The van der Waals surface area contributed by atoms with E-state index in [2.05, 4.69) is 112 Å². The zero-order chi connectivity index (χ0) is 45.8. The Morgan fingerprint density at radius 1 is 0.333 bits per heavy atom. The Morgan fingerprint density at radius 3 is 1.10 bits per heavy atom. The summed E-state index contributed by atoms with van der Waals surface area (Å²) in [5.41, 5.74) is 0. The number of rotatable bonds is 42. The molecule has 6 heteroatoms. The molecular weight excluding hydrogens is 781 g/mol. The van der Waals surface area contributed by atoms with Crippen LogP contribution in [-0.2, 0) is 28.6 Å². The molecule has 0 aromatic heterocycles. The lowest BCUT2D eigenvalue weighted by Crippen LogP contribution is -2.30. The van der Waals surface area contributed by atoms with Gasteiger partial charge in [-0.2, -0.15) is 0 Å². The van der Waals surface area contributed by atoms with E-state index in [0.29, 0.717) is 19.3 Å². The fourth-order valence-electron chi connectivity index (χ4n) is 6.15. The molecule has 352 valence electrons. The molecule has 0 heterocycles. The third-order valence-electron chi connectivity index (χ3n) is 9.79. The van der Waals surface area contributed by atoms with E-state index in [-0.39, 0.29) is 37.5 Å². The highest BCUT2D eigenvalue weighted by Gasteiger charge is 2.19. The van der Waals surface area contributed by atoms with Gasteiger partial charge in [-0.15, -0.1) is 0 Å². The number of esters is 3. The largest absolute Gasteiger partial charge is 0.462 e. The Morgan fingerprint density at radius 2 is 0.651 bits per heavy atom. The summed E-state index contributed by atoms with van der Waals surface area (Å²) in [6.45, 7) is 6.16. The monoisotopic (exact) mass is 869 g/mol. The van der Waals surface area contributed by atoms with Gasteiger partial charge in [0.1, 0.15) is 13.2 Å². The molecule has 0 N–H and O–H groups in total. The van der Waals surface area contributed by atoms with E-state index < -0.39 is 6.10 Å². The molecule has 0 saturated carbocycles. The topological polar surface area (TPSA) is 78.9 Å². The normalized spacial score (nSPS) is 13.3. The van der Waals surface area contributed by atoms with Gasteiger partial charge in [-0.1, -0.05) is 206 Å². The van der Waals surface area contributed by atoms with E-state index in [9.17, 15) is 14.4 Å². The van der Waals surface area contributed by atoms with Gasteiger partial charge in [-0.05, 0) is 96.3 Å². The highest BCUT2D eigenvalue weighted by Crippen LogP contribution is 2.12. The fraction of sp³-hybridized carbons (Fsp3) is 0.561. The maximum atomic E-state index is 12.8. The van der Waals surface area contributed by atoms with E-state index in [1.54, 1.807) is 0 Å². The molecule has 0 bridgehead atoms. The number of hydrogen-bond acceptors (Lipinski definition) is 6. The van der Waals surface area contributed by atoms with Crippen LogP contribution in [0.3, 0.4) is 0 Å². The van der Waals surface area contributed by atoms with Crippen molar-refractivity contribution in [3.05, 3.63) is 134 Å². The molecule has 0 fully saturated rings. The van der Waals surface area contributed by atoms with Gasteiger partial charge >= 0.3 is 17.9 Å². The van der Waals surface area contributed by atoms with Gasteiger partial charge < -0.3 is 14.2 Å². The summed E-state index contributed by atoms with van der Waals surface area (Å²) in [7, 11) is 0. The Bertz CT molecular complexity index is 1420. The maximum absolute atomic E-state index is 12.8. The summed E-state index contributed by atoms with van der Waals surface area (Å²) in [5, 5.41) is 0. The lowest BCUT2D eigenvalue weighted by Gasteiger charge is -2.18. The van der Waals surface area contributed by atoms with Crippen LogP contribution in [0, 0.1) is 0 Å². The lowest BCUT2D eigenvalue weighted by molar-refractivity contribution is -0.167. The van der Waals surface area contributed by atoms with Crippen molar-refractivity contribution in [1.29, 1.82) is 0 Å². The van der Waals surface area contributed by atoms with Crippen LogP contribution in [0.2, 0.25) is 0 Å². The predicted octanol–water partition coefficient (Wildman–Crippen LogP) is 16.3. The van der Waals surface area contributed by atoms with Crippen molar-refractivity contribution in [2.75, 3.05) is 13.2 Å². The van der Waals surface area contributed by atoms with Gasteiger partial charge in [0.05, 0.1) is 0 Å². The second-order valence-electron chi connectivity index (χ2n) is 15.7. The molecular formula is C57H88O6. The summed E-state index contributed by atoms with van der Waals surface area (Å²) in [6.07, 6.45) is 70.1. The quantitative estimate of drug-likeness (QED) is 0.0200. The molecule has 0 saturated heterocycles. The Balaban J connectivity index is 4.50. The molecule has 0 radical (unpaired) electrons. The van der Waals surface area contributed by atoms with Crippen molar-refractivity contribution in [1.82, 2.24) is 0 Å². The first-order valence-electron chi connectivity index (χ1n) is 24.8. The molecule has 0 aliphatic rings. The SMILES string of the molecule is CC/C=C/C=C/C=C/C=C/CCCCCC(=O)OC(COC(=O)CCCCCCC/C=C/C=C/C=C/CC)COC(=O)CCCCCCCC/C=C/C/C=C/C/C=C/C/C=C/CC. The zero-order valence-electron chi connectivity index (χ0n) is 40.0. The van der Waals surface area contributed by atoms with E-state index in [4.69, 9.17) is 14.2 Å². The van der Waals surface area contributed by atoms with Crippen LogP contribution in [-0.4, -0.2) is 37.2 Å². The van der Waals surface area contributed by atoms with Crippen LogP contribution < -0.4 is 0 Å². The molecule has 63 heavy (non-hydrogen) atoms. The van der Waals surface area contributed by atoms with Crippen molar-refractivity contribution in [3.63, 3.8) is 0 Å². The summed E-state index contributed by atoms with van der Waals surface area (Å²) < 4.78 is 16.7. The Labute approximate surface area is 385 Å². The van der Waals surface area contributed by atoms with Crippen molar-refractivity contribution < 1.29 is 28.6 Å². The van der Waals surface area contributed by atoms with Gasteiger partial charge in [-0.25, -0.2) is 0 Å². The number of unbranched alkanes of at least 4 members (excludes halogenated alkanes) is 14. The zero-order valence-corrected chi connectivity index (χ0v) is 40.0. The van der Waals surface area contributed by atoms with Crippen LogP contribution in [0.25, 0.3) is 0 Å². The maximum Gasteiger partial charge on any atom is 0.306 e. The smallest absolute Gasteiger partial charge is 0.306 e. The summed E-state index contributed by atoms with van der Waals surface area (Å²) in [5.74, 6) is -0.999. The molecule has 1 unspecified atom stereocenters. The first-order chi connectivity index (χ1) is 31.0. The molecule has 0 aliphatic heterocycles. The number of carbonyl (C=O) groups is 3. The number of ether oxygens (including phenoxy) is 3. The minimum absolute atomic E-state index is 0.114. The average Bonchev–Trinajstić information content (AvgIpc) is 3.28. The van der Waals surface area contributed by atoms with Gasteiger partial charge in [0.25, 0.3) is 0 Å². The summed E-state index contributed by atoms with van der Waals surface area (Å²) in [6, 6.07) is 0. The minimum atomic E-state index is -0.817. The highest BCUT2D eigenvalue weighted by molar-refractivity contribution is 5.71. The molecule has 0 spiro atoms. The van der Waals surface area contributed by atoms with Crippen molar-refractivity contribution >= 4 is 17.9 Å². The number of carbonyl (C=O) groups excluding carboxylic acids is 3. The van der Waals surface area contributed by atoms with E-state index in [1.165, 1.54) is 12.8 Å². The first kappa shape index (κ1) is 58.6. The molecule has 0 aromatic carbocycles. The van der Waals surface area contributed by atoms with Crippen molar-refractivity contribution in [3.8, 4) is 0 Å². The molecule has 0 aliphatic carbocycles. The van der Waals surface area contributed by atoms with E-state index in [0.717, 1.165) is 128 Å². The first-order valence-corrected chi connectivity index (χ1v) is 24.8. The second-order valence-corrected chi connectivity index (χ2v) is 15.7. The number of allylic oxidation sites excluding steroid dienone is 22. The third kappa shape index (κ3) is 48.4. The molecule has 6 nitrogen and oxygen atoms in total. The van der Waals surface area contributed by atoms with Crippen molar-refractivity contribution in [2.24, 2.45) is 0 Å². The fourth-order valence-corrected chi connectivity index (χ4v) is 6.15. The standard InChI is InChI=1S/C57H88O6/c1-4-7-10-13-16-19-22-25-26-27-28-29-30-33-35-38-41-44-47-50-56(59)62-53-54(63-57(60)51-48-45-42-39-36-32-24-21-18-15-12-9-6-3)52-61-55(58)49-46-43-40-37-34-31-23-20-17-14-11-8-5-2/h7-12,14-21,23-26,28-29,32,36,54H,4-6,13,22,27,30-31,33-35,37-53H2,1-3H3/b10-7+,11-8+,12-9+,17-14+,18-15+,19-16+,23-20+,24-21+,26-25+,29-28+,36-32+. The molecule has 0 aromatic rings. The van der Waals surface area contributed by atoms with Gasteiger partial charge in [0.15, 0.2) is 6.10 Å². The highest BCUT2D eigenvalue weighted by atomic mass is 16.6. The van der Waals surface area contributed by atoms with E-state index in [1.807, 2.05) is 42.5 Å². The van der Waals surface area contributed by atoms with Crippen LogP contribution >= 0.6 is 0 Å². The van der Waals surface area contributed by atoms with E-state index >= 15 is 0 Å². The number of hydrogen-bond donors (Lipinski definition) is 0. The minimum Gasteiger partial charge on any atom is -0.462 e. The summed E-state index contributed by atoms with van der Waals surface area (Å²) >= 11 is 0. The van der Waals surface area contributed by atoms with Crippen LogP contribution in [0.1, 0.15) is 188 Å². The van der Waals surface area contributed by atoms with Gasteiger partial charge in [0.2, 0.25) is 0 Å². The van der Waals surface area contributed by atoms with Crippen LogP contribution in [0.15, 0.2) is 134 Å². The third-order valence-corrected chi connectivity index (χ3v) is 9.79. The Kier molecular flexibility index (Phi) is 46.7.